The third-order valence-electron chi connectivity index (χ3n) is 6.38. The van der Waals surface area contributed by atoms with Gasteiger partial charge in [0.05, 0.1) is 17.5 Å². The molecule has 2 unspecified atom stereocenters. The molecule has 38 heavy (non-hydrogen) atoms. The summed E-state index contributed by atoms with van der Waals surface area (Å²) >= 11 is 6.52. The maximum absolute atomic E-state index is 15.4. The lowest BCUT2D eigenvalue weighted by molar-refractivity contribution is 0.0823. The summed E-state index contributed by atoms with van der Waals surface area (Å²) in [6.07, 6.45) is 8.13. The lowest BCUT2D eigenvalue weighted by Crippen LogP contribution is -2.23. The fourth-order valence-electron chi connectivity index (χ4n) is 4.31. The van der Waals surface area contributed by atoms with Crippen molar-refractivity contribution in [1.82, 2.24) is 14.5 Å². The van der Waals surface area contributed by atoms with Crippen molar-refractivity contribution in [2.75, 3.05) is 14.1 Å². The lowest BCUT2D eigenvalue weighted by Gasteiger charge is -2.13. The number of allylic oxidation sites excluding steroid dienone is 2. The molecule has 0 radical (unpaired) electrons. The van der Waals surface area contributed by atoms with Gasteiger partial charge in [-0.1, -0.05) is 23.7 Å². The van der Waals surface area contributed by atoms with E-state index >= 15 is 4.39 Å². The highest BCUT2D eigenvalue weighted by molar-refractivity contribution is 6.31. The van der Waals surface area contributed by atoms with Gasteiger partial charge in [0.15, 0.2) is 0 Å². The molecule has 0 N–H and O–H groups in total. The Morgan fingerprint density at radius 3 is 2.58 bits per heavy atom. The van der Waals surface area contributed by atoms with Crippen molar-refractivity contribution in [3.05, 3.63) is 116 Å². The first-order chi connectivity index (χ1) is 18.1. The van der Waals surface area contributed by atoms with Gasteiger partial charge in [0, 0.05) is 49.4 Å². The molecular weight excluding hydrogens is 510 g/mol. The molecule has 0 aliphatic heterocycles. The van der Waals surface area contributed by atoms with Gasteiger partial charge in [-0.15, -0.1) is 0 Å². The van der Waals surface area contributed by atoms with Crippen molar-refractivity contribution < 1.29 is 13.6 Å². The van der Waals surface area contributed by atoms with E-state index in [9.17, 15) is 14.0 Å². The Bertz CT molecular complexity index is 1520. The van der Waals surface area contributed by atoms with Crippen LogP contribution in [0.3, 0.4) is 0 Å². The zero-order chi connectivity index (χ0) is 27.6. The van der Waals surface area contributed by atoms with Crippen LogP contribution in [0.15, 0.2) is 70.7 Å². The molecule has 0 saturated heterocycles. The number of hydrogen-bond donors (Lipinski definition) is 0. The molecule has 0 bridgehead atoms. The standard InChI is InChI=1S/C29H27ClF2N4O2/c1-5-12-33-25(19-7-6-8-20(27(19)32)28(37)35(3)4)11-13-36-17(2)14-23(26(30)29(36)38)21-15-22(21)24-10-9-18(31)16-34-24/h5-14,16,21-22H,15H2,1-4H3/b12-5+,13-11+,33-25-. The molecular formula is C29H27ClF2N4O2. The lowest BCUT2D eigenvalue weighted by atomic mass is 10.0. The second-order valence-corrected chi connectivity index (χ2v) is 9.64. The van der Waals surface area contributed by atoms with Crippen LogP contribution in [0.1, 0.15) is 58.1 Å². The molecule has 2 aromatic heterocycles. The zero-order valence-corrected chi connectivity index (χ0v) is 22.2. The summed E-state index contributed by atoms with van der Waals surface area (Å²) in [6, 6.07) is 9.39. The minimum Gasteiger partial charge on any atom is -0.345 e. The Labute approximate surface area is 224 Å². The molecule has 2 atom stereocenters. The number of amides is 1. The molecule has 6 nitrogen and oxygen atoms in total. The molecule has 1 aromatic carbocycles. The first-order valence-corrected chi connectivity index (χ1v) is 12.4. The number of hydrogen-bond acceptors (Lipinski definition) is 4. The van der Waals surface area contributed by atoms with E-state index in [1.165, 1.54) is 52.3 Å². The van der Waals surface area contributed by atoms with Gasteiger partial charge in [0.25, 0.3) is 11.5 Å². The zero-order valence-electron chi connectivity index (χ0n) is 21.5. The molecule has 0 spiro atoms. The fraction of sp³-hybridized carbons (Fsp3) is 0.241. The highest BCUT2D eigenvalue weighted by Crippen LogP contribution is 2.55. The topological polar surface area (TPSA) is 67.6 Å². The van der Waals surface area contributed by atoms with E-state index < -0.39 is 23.1 Å². The van der Waals surface area contributed by atoms with Gasteiger partial charge < -0.3 is 4.90 Å². The van der Waals surface area contributed by atoms with Gasteiger partial charge in [0.1, 0.15) is 16.7 Å². The third-order valence-corrected chi connectivity index (χ3v) is 6.76. The maximum Gasteiger partial charge on any atom is 0.273 e. The Hall–Kier alpha value is -3.91. The van der Waals surface area contributed by atoms with Gasteiger partial charge in [0.2, 0.25) is 0 Å². The number of nitrogens with zero attached hydrogens (tertiary/aromatic N) is 4. The number of pyridine rings is 2. The van der Waals surface area contributed by atoms with Crippen LogP contribution < -0.4 is 5.56 Å². The van der Waals surface area contributed by atoms with Gasteiger partial charge in [-0.3, -0.25) is 24.1 Å². The molecule has 1 amide bonds. The Kier molecular flexibility index (Phi) is 8.02. The van der Waals surface area contributed by atoms with Crippen LogP contribution >= 0.6 is 11.6 Å². The monoisotopic (exact) mass is 536 g/mol. The summed E-state index contributed by atoms with van der Waals surface area (Å²) in [5.41, 5.74) is 1.96. The summed E-state index contributed by atoms with van der Waals surface area (Å²) in [5.74, 6) is -1.49. The van der Waals surface area contributed by atoms with Crippen molar-refractivity contribution in [1.29, 1.82) is 0 Å². The smallest absolute Gasteiger partial charge is 0.273 e. The largest absolute Gasteiger partial charge is 0.345 e. The molecule has 1 fully saturated rings. The summed E-state index contributed by atoms with van der Waals surface area (Å²) < 4.78 is 30.0. The van der Waals surface area contributed by atoms with Gasteiger partial charge >= 0.3 is 0 Å². The Morgan fingerprint density at radius 2 is 1.92 bits per heavy atom. The quantitative estimate of drug-likeness (QED) is 0.350. The predicted molar refractivity (Wildman–Crippen MR) is 146 cm³/mol. The average molecular weight is 537 g/mol. The number of halogens is 3. The van der Waals surface area contributed by atoms with Crippen molar-refractivity contribution in [3.8, 4) is 0 Å². The number of aryl methyl sites for hydroxylation is 1. The van der Waals surface area contributed by atoms with E-state index in [4.69, 9.17) is 11.6 Å². The molecule has 1 aliphatic carbocycles. The van der Waals surface area contributed by atoms with Crippen LogP contribution in [-0.4, -0.2) is 40.2 Å². The highest BCUT2D eigenvalue weighted by Gasteiger charge is 2.42. The number of benzene rings is 1. The normalized spacial score (nSPS) is 17.4. The van der Waals surface area contributed by atoms with E-state index in [0.29, 0.717) is 5.69 Å². The first kappa shape index (κ1) is 27.1. The van der Waals surface area contributed by atoms with E-state index in [1.54, 1.807) is 46.2 Å². The first-order valence-electron chi connectivity index (χ1n) is 12.0. The summed E-state index contributed by atoms with van der Waals surface area (Å²) in [5, 5.41) is 0.0894. The van der Waals surface area contributed by atoms with E-state index in [-0.39, 0.29) is 33.7 Å². The Morgan fingerprint density at radius 1 is 1.18 bits per heavy atom. The molecule has 1 aliphatic rings. The van der Waals surface area contributed by atoms with Gasteiger partial charge in [-0.2, -0.15) is 0 Å². The number of carbonyl (C=O) groups excluding carboxylic acids is 1. The highest BCUT2D eigenvalue weighted by atomic mass is 35.5. The van der Waals surface area contributed by atoms with Crippen molar-refractivity contribution >= 4 is 29.4 Å². The second-order valence-electron chi connectivity index (χ2n) is 9.26. The predicted octanol–water partition coefficient (Wildman–Crippen LogP) is 5.95. The molecule has 196 valence electrons. The Balaban J connectivity index is 1.67. The number of aromatic nitrogens is 2. The van der Waals surface area contributed by atoms with E-state index in [2.05, 4.69) is 9.98 Å². The number of rotatable bonds is 7. The molecule has 4 rings (SSSR count). The van der Waals surface area contributed by atoms with Crippen molar-refractivity contribution in [2.24, 2.45) is 4.99 Å². The van der Waals surface area contributed by atoms with E-state index in [0.717, 1.165) is 17.7 Å². The van der Waals surface area contributed by atoms with Crippen LogP contribution in [0.4, 0.5) is 8.78 Å². The van der Waals surface area contributed by atoms with Crippen molar-refractivity contribution in [3.63, 3.8) is 0 Å². The van der Waals surface area contributed by atoms with Gasteiger partial charge in [-0.05, 0) is 68.2 Å². The summed E-state index contributed by atoms with van der Waals surface area (Å²) in [7, 11) is 3.09. The third kappa shape index (κ3) is 5.50. The SMILES string of the molecule is C/C=C/N=C(/C=C/n1c(C)cc(C2CC2c2ccc(F)cn2)c(Cl)c1=O)c1cccc(C(=O)N(C)C)c1F. The summed E-state index contributed by atoms with van der Waals surface area (Å²) in [6.45, 7) is 3.55. The fourth-order valence-corrected chi connectivity index (χ4v) is 4.60. The number of aliphatic imine (C=N–C) groups is 1. The van der Waals surface area contributed by atoms with Crippen LogP contribution in [0.5, 0.6) is 0 Å². The van der Waals surface area contributed by atoms with Crippen LogP contribution in [-0.2, 0) is 0 Å². The second kappa shape index (κ2) is 11.2. The van der Waals surface area contributed by atoms with Crippen LogP contribution in [0, 0.1) is 18.6 Å². The molecule has 3 aromatic rings. The van der Waals surface area contributed by atoms with Crippen molar-refractivity contribution in [2.45, 2.75) is 32.1 Å². The minimum atomic E-state index is -0.703. The molecule has 1 saturated carbocycles. The minimum absolute atomic E-state index is 0.0170. The molecule has 2 heterocycles. The van der Waals surface area contributed by atoms with Crippen LogP contribution in [0.2, 0.25) is 5.02 Å². The van der Waals surface area contributed by atoms with E-state index in [1.807, 2.05) is 6.07 Å². The van der Waals surface area contributed by atoms with Crippen LogP contribution in [0.25, 0.3) is 6.20 Å². The average Bonchev–Trinajstić information content (AvgIpc) is 3.69. The van der Waals surface area contributed by atoms with Gasteiger partial charge in [-0.25, -0.2) is 8.78 Å². The number of carbonyl (C=O) groups is 1. The molecule has 9 heteroatoms. The maximum atomic E-state index is 15.4. The summed E-state index contributed by atoms with van der Waals surface area (Å²) in [4.78, 5) is 35.4.